The Hall–Kier alpha value is -0.680. The Labute approximate surface area is 130 Å². The van der Waals surface area contributed by atoms with Crippen molar-refractivity contribution in [3.63, 3.8) is 0 Å². The largest absolute Gasteiger partial charge is 0.353 e. The molecule has 1 aromatic rings. The van der Waals surface area contributed by atoms with Gasteiger partial charge in [0.25, 0.3) is 0 Å². The van der Waals surface area contributed by atoms with Crippen molar-refractivity contribution < 1.29 is 0 Å². The molecule has 2 rings (SSSR count). The Morgan fingerprint density at radius 3 is 2.40 bits per heavy atom. The summed E-state index contributed by atoms with van der Waals surface area (Å²) in [6.45, 7) is 14.0. The highest BCUT2D eigenvalue weighted by Crippen LogP contribution is 2.27. The van der Waals surface area contributed by atoms with Gasteiger partial charge >= 0.3 is 0 Å². The van der Waals surface area contributed by atoms with E-state index in [4.69, 9.17) is 4.98 Å². The number of aromatic nitrogens is 2. The molecule has 1 saturated heterocycles. The van der Waals surface area contributed by atoms with Gasteiger partial charge in [-0.2, -0.15) is 0 Å². The average Bonchev–Trinajstić information content (AvgIpc) is 2.30. The van der Waals surface area contributed by atoms with Crippen molar-refractivity contribution in [2.75, 3.05) is 31.6 Å². The van der Waals surface area contributed by atoms with E-state index < -0.39 is 0 Å². The third-order valence-electron chi connectivity index (χ3n) is 3.99. The van der Waals surface area contributed by atoms with Crippen LogP contribution in [0.1, 0.15) is 40.4 Å². The van der Waals surface area contributed by atoms with Crippen LogP contribution in [0.2, 0.25) is 0 Å². The summed E-state index contributed by atoms with van der Waals surface area (Å²) in [6, 6.07) is 2.02. The van der Waals surface area contributed by atoms with Crippen LogP contribution >= 0.6 is 15.9 Å². The molecule has 1 fully saturated rings. The van der Waals surface area contributed by atoms with Crippen molar-refractivity contribution in [1.82, 2.24) is 14.9 Å². The molecule has 1 aromatic heterocycles. The van der Waals surface area contributed by atoms with Gasteiger partial charge in [-0.05, 0) is 36.8 Å². The summed E-state index contributed by atoms with van der Waals surface area (Å²) in [4.78, 5) is 14.1. The fourth-order valence-corrected chi connectivity index (χ4v) is 2.71. The molecule has 0 aliphatic carbocycles. The molecule has 1 aliphatic rings. The summed E-state index contributed by atoms with van der Waals surface area (Å²) in [5, 5.41) is 0. The van der Waals surface area contributed by atoms with Crippen molar-refractivity contribution in [1.29, 1.82) is 0 Å². The summed E-state index contributed by atoms with van der Waals surface area (Å²) in [6.07, 6.45) is 0. The summed E-state index contributed by atoms with van der Waals surface area (Å²) in [7, 11) is 2.19. The highest BCUT2D eigenvalue weighted by atomic mass is 79.9. The molecule has 112 valence electrons. The zero-order chi connectivity index (χ0) is 15.1. The molecule has 2 heterocycles. The van der Waals surface area contributed by atoms with Gasteiger partial charge in [0.1, 0.15) is 16.2 Å². The molecule has 0 N–H and O–H groups in total. The van der Waals surface area contributed by atoms with Crippen LogP contribution in [0.4, 0.5) is 5.82 Å². The second-order valence-electron chi connectivity index (χ2n) is 7.28. The minimum atomic E-state index is -0.0410. The zero-order valence-corrected chi connectivity index (χ0v) is 15.0. The van der Waals surface area contributed by atoms with E-state index >= 15 is 0 Å². The van der Waals surface area contributed by atoms with Crippen LogP contribution in [0.25, 0.3) is 0 Å². The van der Waals surface area contributed by atoms with E-state index in [2.05, 4.69) is 72.4 Å². The molecule has 0 bridgehead atoms. The predicted octanol–water partition coefficient (Wildman–Crippen LogP) is 3.07. The van der Waals surface area contributed by atoms with Crippen LogP contribution in [0, 0.1) is 0 Å². The minimum Gasteiger partial charge on any atom is -0.353 e. The number of likely N-dealkylation sites (N-methyl/N-ethyl adjacent to an activating group) is 1. The van der Waals surface area contributed by atoms with Crippen LogP contribution in [0.5, 0.6) is 0 Å². The fraction of sp³-hybridized carbons (Fsp3) is 0.733. The van der Waals surface area contributed by atoms with E-state index in [1.54, 1.807) is 0 Å². The first-order chi connectivity index (χ1) is 9.09. The zero-order valence-electron chi connectivity index (χ0n) is 13.4. The molecule has 1 aliphatic heterocycles. The van der Waals surface area contributed by atoms with Gasteiger partial charge < -0.3 is 4.90 Å². The van der Waals surface area contributed by atoms with Gasteiger partial charge in [0.15, 0.2) is 0 Å². The summed E-state index contributed by atoms with van der Waals surface area (Å²) in [5.74, 6) is 1.91. The van der Waals surface area contributed by atoms with Crippen LogP contribution in [-0.2, 0) is 5.41 Å². The summed E-state index contributed by atoms with van der Waals surface area (Å²) >= 11 is 3.52. The standard InChI is InChI=1S/C15H25BrN4/c1-14(2,3)13-17-11(16)9-12(18-13)20-8-7-19(6)15(4,5)10-20/h9H,7-8,10H2,1-6H3. The van der Waals surface area contributed by atoms with E-state index in [9.17, 15) is 0 Å². The number of hydrogen-bond donors (Lipinski definition) is 0. The highest BCUT2D eigenvalue weighted by Gasteiger charge is 2.32. The Bertz CT molecular complexity index is 493. The van der Waals surface area contributed by atoms with Gasteiger partial charge in [-0.15, -0.1) is 0 Å². The third kappa shape index (κ3) is 3.31. The van der Waals surface area contributed by atoms with Crippen LogP contribution in [0.3, 0.4) is 0 Å². The quantitative estimate of drug-likeness (QED) is 0.735. The van der Waals surface area contributed by atoms with Crippen LogP contribution in [0.15, 0.2) is 10.7 Å². The van der Waals surface area contributed by atoms with Gasteiger partial charge in [0, 0.05) is 36.7 Å². The summed E-state index contributed by atoms with van der Waals surface area (Å²) in [5.41, 5.74) is 0.123. The molecular weight excluding hydrogens is 316 g/mol. The molecule has 0 spiro atoms. The number of piperazine rings is 1. The van der Waals surface area contributed by atoms with E-state index in [0.29, 0.717) is 0 Å². The Morgan fingerprint density at radius 1 is 1.20 bits per heavy atom. The normalized spacial score (nSPS) is 20.2. The molecule has 0 amide bonds. The number of halogens is 1. The lowest BCUT2D eigenvalue weighted by atomic mass is 9.95. The van der Waals surface area contributed by atoms with Crippen molar-refractivity contribution in [3.8, 4) is 0 Å². The first-order valence-corrected chi connectivity index (χ1v) is 7.90. The molecule has 4 nitrogen and oxygen atoms in total. The van der Waals surface area contributed by atoms with Gasteiger partial charge in [0.05, 0.1) is 0 Å². The van der Waals surface area contributed by atoms with Crippen LogP contribution in [-0.4, -0.2) is 47.1 Å². The van der Waals surface area contributed by atoms with Crippen LogP contribution < -0.4 is 4.90 Å². The molecule has 0 atom stereocenters. The Balaban J connectivity index is 2.32. The van der Waals surface area contributed by atoms with Crippen molar-refractivity contribution >= 4 is 21.7 Å². The number of nitrogens with zero attached hydrogens (tertiary/aromatic N) is 4. The first-order valence-electron chi connectivity index (χ1n) is 7.11. The molecular formula is C15H25BrN4. The maximum Gasteiger partial charge on any atom is 0.137 e. The fourth-order valence-electron chi connectivity index (χ4n) is 2.34. The predicted molar refractivity (Wildman–Crippen MR) is 87.4 cm³/mol. The molecule has 0 saturated carbocycles. The van der Waals surface area contributed by atoms with Gasteiger partial charge in [0.2, 0.25) is 0 Å². The second kappa shape index (κ2) is 5.26. The second-order valence-corrected chi connectivity index (χ2v) is 8.09. The summed E-state index contributed by atoms with van der Waals surface area (Å²) < 4.78 is 0.865. The maximum absolute atomic E-state index is 4.79. The van der Waals surface area contributed by atoms with E-state index in [1.165, 1.54) is 0 Å². The van der Waals surface area contributed by atoms with E-state index in [-0.39, 0.29) is 11.0 Å². The highest BCUT2D eigenvalue weighted by molar-refractivity contribution is 9.10. The van der Waals surface area contributed by atoms with E-state index in [1.807, 2.05) is 6.07 Å². The smallest absolute Gasteiger partial charge is 0.137 e. The Kier molecular flexibility index (Phi) is 4.13. The molecule has 0 radical (unpaired) electrons. The van der Waals surface area contributed by atoms with Gasteiger partial charge in [-0.1, -0.05) is 20.8 Å². The molecule has 20 heavy (non-hydrogen) atoms. The minimum absolute atomic E-state index is 0.0410. The molecule has 0 aromatic carbocycles. The average molecular weight is 341 g/mol. The van der Waals surface area contributed by atoms with E-state index in [0.717, 1.165) is 35.9 Å². The Morgan fingerprint density at radius 2 is 1.85 bits per heavy atom. The van der Waals surface area contributed by atoms with Crippen molar-refractivity contribution in [2.45, 2.75) is 45.6 Å². The van der Waals surface area contributed by atoms with Crippen molar-refractivity contribution in [2.24, 2.45) is 0 Å². The third-order valence-corrected chi connectivity index (χ3v) is 4.40. The topological polar surface area (TPSA) is 32.3 Å². The number of hydrogen-bond acceptors (Lipinski definition) is 4. The molecule has 5 heteroatoms. The van der Waals surface area contributed by atoms with Crippen molar-refractivity contribution in [3.05, 3.63) is 16.5 Å². The molecule has 0 unspecified atom stereocenters. The monoisotopic (exact) mass is 340 g/mol. The van der Waals surface area contributed by atoms with Gasteiger partial charge in [-0.25, -0.2) is 9.97 Å². The van der Waals surface area contributed by atoms with Gasteiger partial charge in [-0.3, -0.25) is 4.90 Å². The lowest BCUT2D eigenvalue weighted by Crippen LogP contribution is -2.58. The lowest BCUT2D eigenvalue weighted by Gasteiger charge is -2.45. The lowest BCUT2D eigenvalue weighted by molar-refractivity contribution is 0.138. The maximum atomic E-state index is 4.79. The number of rotatable bonds is 1. The number of anilines is 1. The first kappa shape index (κ1) is 15.7. The SMILES string of the molecule is CN1CCN(c2cc(Br)nc(C(C)(C)C)n2)CC1(C)C.